The number of primary amides is 1. The third-order valence-electron chi connectivity index (χ3n) is 5.47. The molecule has 0 unspecified atom stereocenters. The zero-order valence-electron chi connectivity index (χ0n) is 17.0. The van der Waals surface area contributed by atoms with Gasteiger partial charge in [-0.05, 0) is 37.3 Å². The van der Waals surface area contributed by atoms with Crippen molar-refractivity contribution in [3.63, 3.8) is 0 Å². The highest BCUT2D eigenvalue weighted by atomic mass is 16.5. The lowest BCUT2D eigenvalue weighted by molar-refractivity contribution is -0.158. The number of imide groups is 1. The number of carbonyl (C=O) groups excluding carboxylic acids is 5. The van der Waals surface area contributed by atoms with E-state index in [1.807, 2.05) is 0 Å². The molecule has 9 nitrogen and oxygen atoms in total. The van der Waals surface area contributed by atoms with Gasteiger partial charge in [0, 0.05) is 6.54 Å². The third-order valence-corrected chi connectivity index (χ3v) is 5.47. The van der Waals surface area contributed by atoms with Crippen LogP contribution in [-0.4, -0.2) is 64.6 Å². The molecule has 2 aliphatic rings. The van der Waals surface area contributed by atoms with Gasteiger partial charge in [-0.1, -0.05) is 26.0 Å². The van der Waals surface area contributed by atoms with E-state index < -0.39 is 54.2 Å². The lowest BCUT2D eigenvalue weighted by Crippen LogP contribution is -2.52. The molecule has 2 aliphatic heterocycles. The van der Waals surface area contributed by atoms with Crippen LogP contribution in [0, 0.1) is 5.92 Å². The lowest BCUT2D eigenvalue weighted by Gasteiger charge is -2.33. The number of nitrogens with two attached hydrogens (primary N) is 1. The quantitative estimate of drug-likeness (QED) is 0.539. The fourth-order valence-corrected chi connectivity index (χ4v) is 3.96. The Bertz CT molecular complexity index is 861. The summed E-state index contributed by atoms with van der Waals surface area (Å²) in [7, 11) is 0. The fourth-order valence-electron chi connectivity index (χ4n) is 3.96. The molecule has 3 rings (SSSR count). The van der Waals surface area contributed by atoms with Crippen LogP contribution in [0.2, 0.25) is 0 Å². The number of ether oxygens (including phenoxy) is 1. The number of hydrogen-bond donors (Lipinski definition) is 1. The molecule has 0 aromatic heterocycles. The Balaban J connectivity index is 1.71. The molecule has 0 radical (unpaired) electrons. The molecule has 1 aromatic carbocycles. The summed E-state index contributed by atoms with van der Waals surface area (Å²) in [4.78, 5) is 64.6. The average molecular weight is 415 g/mol. The second-order valence-corrected chi connectivity index (χ2v) is 7.82. The van der Waals surface area contributed by atoms with Gasteiger partial charge in [0.15, 0.2) is 6.61 Å². The van der Waals surface area contributed by atoms with Gasteiger partial charge in [0.05, 0.1) is 11.1 Å². The van der Waals surface area contributed by atoms with Crippen LogP contribution in [0.4, 0.5) is 0 Å². The summed E-state index contributed by atoms with van der Waals surface area (Å²) in [6.45, 7) is 3.14. The number of benzene rings is 1. The van der Waals surface area contributed by atoms with Crippen LogP contribution < -0.4 is 5.73 Å². The molecule has 0 saturated carbocycles. The van der Waals surface area contributed by atoms with Crippen LogP contribution in [-0.2, 0) is 19.1 Å². The molecule has 0 bridgehead atoms. The van der Waals surface area contributed by atoms with Gasteiger partial charge in [-0.15, -0.1) is 0 Å². The first-order valence-electron chi connectivity index (χ1n) is 9.96. The first-order valence-corrected chi connectivity index (χ1v) is 9.96. The van der Waals surface area contributed by atoms with Crippen LogP contribution in [0.15, 0.2) is 24.3 Å². The molecule has 1 saturated heterocycles. The van der Waals surface area contributed by atoms with Crippen molar-refractivity contribution in [2.45, 2.75) is 45.2 Å². The van der Waals surface area contributed by atoms with Crippen molar-refractivity contribution in [3.05, 3.63) is 35.4 Å². The van der Waals surface area contributed by atoms with E-state index in [0.29, 0.717) is 13.0 Å². The predicted molar refractivity (Wildman–Crippen MR) is 105 cm³/mol. The number of esters is 1. The first-order chi connectivity index (χ1) is 14.2. The Morgan fingerprint density at radius 1 is 1.10 bits per heavy atom. The smallest absolute Gasteiger partial charge is 0.330 e. The molecular weight excluding hydrogens is 390 g/mol. The molecule has 2 N–H and O–H groups in total. The maximum Gasteiger partial charge on any atom is 0.330 e. The van der Waals surface area contributed by atoms with Crippen molar-refractivity contribution >= 4 is 29.6 Å². The monoisotopic (exact) mass is 415 g/mol. The minimum absolute atomic E-state index is 0.231. The molecule has 2 heterocycles. The van der Waals surface area contributed by atoms with E-state index in [4.69, 9.17) is 10.5 Å². The van der Waals surface area contributed by atoms with E-state index in [0.717, 1.165) is 17.7 Å². The van der Waals surface area contributed by atoms with Gasteiger partial charge in [0.1, 0.15) is 12.1 Å². The zero-order chi connectivity index (χ0) is 22.0. The number of nitrogens with zero attached hydrogens (tertiary/aromatic N) is 2. The maximum atomic E-state index is 12.8. The summed E-state index contributed by atoms with van der Waals surface area (Å²) < 4.78 is 5.19. The number of carbonyl (C=O) groups is 5. The van der Waals surface area contributed by atoms with Crippen molar-refractivity contribution in [1.29, 1.82) is 0 Å². The maximum absolute atomic E-state index is 12.8. The number of amides is 4. The van der Waals surface area contributed by atoms with Gasteiger partial charge in [-0.25, -0.2) is 4.79 Å². The summed E-state index contributed by atoms with van der Waals surface area (Å²) in [5.74, 6) is -3.54. The van der Waals surface area contributed by atoms with Gasteiger partial charge < -0.3 is 15.4 Å². The van der Waals surface area contributed by atoms with E-state index in [-0.39, 0.29) is 11.1 Å². The Kier molecular flexibility index (Phi) is 6.19. The standard InChI is InChI=1S/C21H25N3O6/c1-12(2)17(24-19(27)13-7-3-4-8-14(13)20(24)28)21(29)30-11-16(25)23-10-6-5-9-15(23)18(22)26/h3-4,7-8,12,15,17H,5-6,9-11H2,1-2H3,(H2,22,26)/t15-,17-/m0/s1. The molecule has 4 amide bonds. The molecular formula is C21H25N3O6. The van der Waals surface area contributed by atoms with Gasteiger partial charge in [0.2, 0.25) is 5.91 Å². The highest BCUT2D eigenvalue weighted by Crippen LogP contribution is 2.27. The molecule has 2 atom stereocenters. The largest absolute Gasteiger partial charge is 0.454 e. The number of hydrogen-bond acceptors (Lipinski definition) is 6. The molecule has 30 heavy (non-hydrogen) atoms. The van der Waals surface area contributed by atoms with E-state index in [1.165, 1.54) is 17.0 Å². The second-order valence-electron chi connectivity index (χ2n) is 7.82. The van der Waals surface area contributed by atoms with Crippen LogP contribution in [0.25, 0.3) is 0 Å². The summed E-state index contributed by atoms with van der Waals surface area (Å²) in [5.41, 5.74) is 5.83. The van der Waals surface area contributed by atoms with Gasteiger partial charge in [-0.3, -0.25) is 24.1 Å². The Morgan fingerprint density at radius 3 is 2.23 bits per heavy atom. The molecule has 1 fully saturated rings. The first kappa shape index (κ1) is 21.5. The van der Waals surface area contributed by atoms with E-state index in [2.05, 4.69) is 0 Å². The van der Waals surface area contributed by atoms with Gasteiger partial charge in [0.25, 0.3) is 17.7 Å². The Labute approximate surface area is 174 Å². The van der Waals surface area contributed by atoms with Crippen LogP contribution in [0.3, 0.4) is 0 Å². The van der Waals surface area contributed by atoms with E-state index >= 15 is 0 Å². The van der Waals surface area contributed by atoms with Crippen molar-refractivity contribution in [2.24, 2.45) is 11.7 Å². The van der Waals surface area contributed by atoms with Crippen LogP contribution in [0.5, 0.6) is 0 Å². The zero-order valence-corrected chi connectivity index (χ0v) is 17.0. The van der Waals surface area contributed by atoms with Crippen molar-refractivity contribution in [3.8, 4) is 0 Å². The number of fused-ring (bicyclic) bond motifs is 1. The van der Waals surface area contributed by atoms with Crippen LogP contribution >= 0.6 is 0 Å². The molecule has 160 valence electrons. The molecule has 0 spiro atoms. The van der Waals surface area contributed by atoms with Crippen molar-refractivity contribution in [1.82, 2.24) is 9.80 Å². The molecule has 1 aromatic rings. The van der Waals surface area contributed by atoms with E-state index in [1.54, 1.807) is 26.0 Å². The SMILES string of the molecule is CC(C)[C@@H](C(=O)OCC(=O)N1CCCC[C@H]1C(N)=O)N1C(=O)c2ccccc2C1=O. The predicted octanol–water partition coefficient (Wildman–Crippen LogP) is 0.717. The second kappa shape index (κ2) is 8.64. The summed E-state index contributed by atoms with van der Waals surface area (Å²) >= 11 is 0. The number of likely N-dealkylation sites (tertiary alicyclic amines) is 1. The van der Waals surface area contributed by atoms with Crippen molar-refractivity contribution < 1.29 is 28.7 Å². The molecule has 0 aliphatic carbocycles. The van der Waals surface area contributed by atoms with Crippen LogP contribution in [0.1, 0.15) is 53.8 Å². The highest BCUT2D eigenvalue weighted by Gasteiger charge is 2.45. The number of rotatable bonds is 6. The minimum Gasteiger partial charge on any atom is -0.454 e. The van der Waals surface area contributed by atoms with Gasteiger partial charge in [-0.2, -0.15) is 0 Å². The fraction of sp³-hybridized carbons (Fsp3) is 0.476. The Hall–Kier alpha value is -3.23. The normalized spacial score (nSPS) is 19.6. The third kappa shape index (κ3) is 3.92. The summed E-state index contributed by atoms with van der Waals surface area (Å²) in [6.07, 6.45) is 1.98. The number of piperidine rings is 1. The van der Waals surface area contributed by atoms with Crippen molar-refractivity contribution in [2.75, 3.05) is 13.2 Å². The summed E-state index contributed by atoms with van der Waals surface area (Å²) in [6, 6.07) is 4.45. The topological polar surface area (TPSA) is 127 Å². The molecule has 9 heteroatoms. The Morgan fingerprint density at radius 2 is 1.70 bits per heavy atom. The summed E-state index contributed by atoms with van der Waals surface area (Å²) in [5, 5.41) is 0. The average Bonchev–Trinajstić information content (AvgIpc) is 2.97. The highest BCUT2D eigenvalue weighted by molar-refractivity contribution is 6.22. The van der Waals surface area contributed by atoms with Gasteiger partial charge >= 0.3 is 5.97 Å². The lowest BCUT2D eigenvalue weighted by atomic mass is 10.0. The van der Waals surface area contributed by atoms with E-state index in [9.17, 15) is 24.0 Å². The minimum atomic E-state index is -1.17.